The lowest BCUT2D eigenvalue weighted by atomic mass is 10.2. The van der Waals surface area contributed by atoms with Crippen molar-refractivity contribution in [3.05, 3.63) is 70.9 Å². The molecule has 1 aromatic heterocycles. The van der Waals surface area contributed by atoms with E-state index >= 15 is 0 Å². The lowest BCUT2D eigenvalue weighted by molar-refractivity contribution is -0.115. The molecule has 1 aliphatic heterocycles. The molecule has 1 fully saturated rings. The summed E-state index contributed by atoms with van der Waals surface area (Å²) in [5.41, 5.74) is 4.03. The third kappa shape index (κ3) is 4.71. The predicted molar refractivity (Wildman–Crippen MR) is 116 cm³/mol. The summed E-state index contributed by atoms with van der Waals surface area (Å²) in [7, 11) is 0. The summed E-state index contributed by atoms with van der Waals surface area (Å²) in [6.07, 6.45) is 0.407. The van der Waals surface area contributed by atoms with E-state index in [-0.39, 0.29) is 5.91 Å². The zero-order valence-corrected chi connectivity index (χ0v) is 16.4. The van der Waals surface area contributed by atoms with Gasteiger partial charge in [-0.3, -0.25) is 4.79 Å². The van der Waals surface area contributed by atoms with Crippen LogP contribution in [-0.4, -0.2) is 32.2 Å². The fourth-order valence-corrected chi connectivity index (χ4v) is 3.93. The van der Waals surface area contributed by atoms with Crippen molar-refractivity contribution in [2.45, 2.75) is 6.42 Å². The number of carbonyl (C=O) groups excluding carboxylic acids is 1. The average Bonchev–Trinajstić information content (AvgIpc) is 3.23. The van der Waals surface area contributed by atoms with Crippen LogP contribution in [0, 0.1) is 0 Å². The molecular formula is C22H23N3O2S. The van der Waals surface area contributed by atoms with E-state index in [2.05, 4.69) is 33.7 Å². The van der Waals surface area contributed by atoms with Crippen molar-refractivity contribution in [1.29, 1.82) is 0 Å². The first-order valence-electron chi connectivity index (χ1n) is 9.39. The van der Waals surface area contributed by atoms with Crippen LogP contribution in [0.5, 0.6) is 0 Å². The van der Waals surface area contributed by atoms with Crippen LogP contribution in [0.25, 0.3) is 0 Å². The second-order valence-electron chi connectivity index (χ2n) is 6.62. The molecule has 0 atom stereocenters. The number of benzene rings is 2. The third-order valence-electron chi connectivity index (χ3n) is 4.62. The van der Waals surface area contributed by atoms with E-state index < -0.39 is 0 Å². The maximum absolute atomic E-state index is 12.1. The number of hydrogen-bond donors (Lipinski definition) is 2. The van der Waals surface area contributed by atoms with Gasteiger partial charge in [-0.25, -0.2) is 0 Å². The Kier molecular flexibility index (Phi) is 5.89. The van der Waals surface area contributed by atoms with Gasteiger partial charge in [0.05, 0.1) is 31.0 Å². The first-order chi connectivity index (χ1) is 13.8. The summed E-state index contributed by atoms with van der Waals surface area (Å²) in [5, 5.41) is 8.43. The normalized spacial score (nSPS) is 13.9. The standard InChI is InChI=1S/C22H23N3O2S/c26-22(16-19-4-3-15-28-19)24-18-9-7-17(8-10-18)23-20-5-1-2-6-21(20)25-11-13-27-14-12-25/h1-10,15,23H,11-14,16H2,(H,24,26). The van der Waals surface area contributed by atoms with E-state index in [1.807, 2.05) is 47.8 Å². The van der Waals surface area contributed by atoms with Crippen molar-refractivity contribution >= 4 is 40.0 Å². The molecule has 2 heterocycles. The molecule has 0 bridgehead atoms. The van der Waals surface area contributed by atoms with Crippen LogP contribution >= 0.6 is 11.3 Å². The van der Waals surface area contributed by atoms with Gasteiger partial charge in [0, 0.05) is 29.3 Å². The fourth-order valence-electron chi connectivity index (χ4n) is 3.23. The highest BCUT2D eigenvalue weighted by Gasteiger charge is 2.14. The minimum absolute atomic E-state index is 0.000761. The van der Waals surface area contributed by atoms with Gasteiger partial charge in [-0.1, -0.05) is 18.2 Å². The number of ether oxygens (including phenoxy) is 1. The Morgan fingerprint density at radius 2 is 1.71 bits per heavy atom. The van der Waals surface area contributed by atoms with Gasteiger partial charge in [0.1, 0.15) is 0 Å². The highest BCUT2D eigenvalue weighted by molar-refractivity contribution is 7.10. The van der Waals surface area contributed by atoms with E-state index in [0.29, 0.717) is 6.42 Å². The number of anilines is 4. The summed E-state index contributed by atoms with van der Waals surface area (Å²) in [4.78, 5) is 15.5. The Morgan fingerprint density at radius 1 is 0.964 bits per heavy atom. The Hall–Kier alpha value is -2.83. The molecule has 2 aromatic carbocycles. The van der Waals surface area contributed by atoms with Crippen LogP contribution in [0.15, 0.2) is 66.0 Å². The Labute approximate surface area is 169 Å². The number of amides is 1. The minimum atomic E-state index is 0.000761. The van der Waals surface area contributed by atoms with Crippen LogP contribution in [-0.2, 0) is 16.0 Å². The SMILES string of the molecule is O=C(Cc1cccs1)Nc1ccc(Nc2ccccc2N2CCOCC2)cc1. The first-order valence-corrected chi connectivity index (χ1v) is 10.3. The maximum Gasteiger partial charge on any atom is 0.229 e. The maximum atomic E-state index is 12.1. The predicted octanol–water partition coefficient (Wildman–Crippen LogP) is 4.51. The number of morpholine rings is 1. The smallest absolute Gasteiger partial charge is 0.229 e. The molecule has 28 heavy (non-hydrogen) atoms. The summed E-state index contributed by atoms with van der Waals surface area (Å²) in [6.45, 7) is 3.31. The van der Waals surface area contributed by atoms with Crippen molar-refractivity contribution in [2.24, 2.45) is 0 Å². The molecule has 1 saturated heterocycles. The van der Waals surface area contributed by atoms with Crippen LogP contribution in [0.4, 0.5) is 22.7 Å². The molecule has 0 aliphatic carbocycles. The van der Waals surface area contributed by atoms with Crippen LogP contribution in [0.1, 0.15) is 4.88 Å². The molecule has 0 spiro atoms. The summed E-state index contributed by atoms with van der Waals surface area (Å²) >= 11 is 1.60. The lowest BCUT2D eigenvalue weighted by Gasteiger charge is -2.30. The fraction of sp³-hybridized carbons (Fsp3) is 0.227. The molecule has 1 aliphatic rings. The van der Waals surface area contributed by atoms with E-state index in [0.717, 1.165) is 48.2 Å². The Balaban J connectivity index is 1.40. The van der Waals surface area contributed by atoms with Crippen molar-refractivity contribution in [3.63, 3.8) is 0 Å². The minimum Gasteiger partial charge on any atom is -0.378 e. The van der Waals surface area contributed by atoms with Gasteiger partial charge in [0.15, 0.2) is 0 Å². The number of nitrogens with zero attached hydrogens (tertiary/aromatic N) is 1. The molecule has 4 rings (SSSR count). The zero-order chi connectivity index (χ0) is 19.2. The van der Waals surface area contributed by atoms with Gasteiger partial charge in [-0.05, 0) is 47.8 Å². The van der Waals surface area contributed by atoms with Crippen LogP contribution in [0.2, 0.25) is 0 Å². The van der Waals surface area contributed by atoms with Crippen LogP contribution in [0.3, 0.4) is 0 Å². The van der Waals surface area contributed by atoms with Gasteiger partial charge in [-0.15, -0.1) is 11.3 Å². The molecular weight excluding hydrogens is 370 g/mol. The molecule has 0 saturated carbocycles. The van der Waals surface area contributed by atoms with Gasteiger partial charge in [-0.2, -0.15) is 0 Å². The van der Waals surface area contributed by atoms with Crippen molar-refractivity contribution in [1.82, 2.24) is 0 Å². The summed E-state index contributed by atoms with van der Waals surface area (Å²) in [5.74, 6) is 0.000761. The van der Waals surface area contributed by atoms with Gasteiger partial charge in [0.2, 0.25) is 5.91 Å². The van der Waals surface area contributed by atoms with E-state index in [1.165, 1.54) is 5.69 Å². The average molecular weight is 394 g/mol. The number of thiophene rings is 1. The highest BCUT2D eigenvalue weighted by Crippen LogP contribution is 2.29. The highest BCUT2D eigenvalue weighted by atomic mass is 32.1. The Bertz CT molecular complexity index is 904. The molecule has 1 amide bonds. The van der Waals surface area contributed by atoms with E-state index in [1.54, 1.807) is 11.3 Å². The quantitative estimate of drug-likeness (QED) is 0.647. The van der Waals surface area contributed by atoms with Crippen LogP contribution < -0.4 is 15.5 Å². The molecule has 2 N–H and O–H groups in total. The number of nitrogens with one attached hydrogen (secondary N) is 2. The van der Waals surface area contributed by atoms with Gasteiger partial charge >= 0.3 is 0 Å². The Morgan fingerprint density at radius 3 is 2.46 bits per heavy atom. The lowest BCUT2D eigenvalue weighted by Crippen LogP contribution is -2.36. The number of hydrogen-bond acceptors (Lipinski definition) is 5. The zero-order valence-electron chi connectivity index (χ0n) is 15.6. The molecule has 5 nitrogen and oxygen atoms in total. The van der Waals surface area contributed by atoms with Crippen molar-refractivity contribution < 1.29 is 9.53 Å². The summed E-state index contributed by atoms with van der Waals surface area (Å²) in [6, 6.07) is 20.1. The second-order valence-corrected chi connectivity index (χ2v) is 7.66. The number of rotatable bonds is 6. The molecule has 0 radical (unpaired) electrons. The monoisotopic (exact) mass is 393 g/mol. The molecule has 0 unspecified atom stereocenters. The molecule has 6 heteroatoms. The number of carbonyl (C=O) groups is 1. The van der Waals surface area contributed by atoms with Crippen molar-refractivity contribution in [3.8, 4) is 0 Å². The first kappa shape index (κ1) is 18.5. The topological polar surface area (TPSA) is 53.6 Å². The van der Waals surface area contributed by atoms with Gasteiger partial charge in [0.25, 0.3) is 0 Å². The molecule has 3 aromatic rings. The van der Waals surface area contributed by atoms with Gasteiger partial charge < -0.3 is 20.3 Å². The van der Waals surface area contributed by atoms with E-state index in [4.69, 9.17) is 4.74 Å². The van der Waals surface area contributed by atoms with Crippen molar-refractivity contribution in [2.75, 3.05) is 41.8 Å². The second kappa shape index (κ2) is 8.91. The number of para-hydroxylation sites is 2. The molecule has 144 valence electrons. The largest absolute Gasteiger partial charge is 0.378 e. The summed E-state index contributed by atoms with van der Waals surface area (Å²) < 4.78 is 5.46. The third-order valence-corrected chi connectivity index (χ3v) is 5.49. The van der Waals surface area contributed by atoms with E-state index in [9.17, 15) is 4.79 Å².